The maximum absolute atomic E-state index is 5.80. The number of rotatable bonds is 8. The van der Waals surface area contributed by atoms with Gasteiger partial charge in [0.1, 0.15) is 0 Å². The van der Waals surface area contributed by atoms with Crippen molar-refractivity contribution < 1.29 is 4.74 Å². The Balaban J connectivity index is 1.61. The average molecular weight is 290 g/mol. The third kappa shape index (κ3) is 6.60. The average Bonchev–Trinajstić information content (AvgIpc) is 2.52. The van der Waals surface area contributed by atoms with Crippen LogP contribution in [0.2, 0.25) is 0 Å². The molecule has 1 aromatic carbocycles. The Kier molecular flexibility index (Phi) is 7.20. The predicted octanol–water partition coefficient (Wildman–Crippen LogP) is 3.19. The minimum atomic E-state index is 0.530. The summed E-state index contributed by atoms with van der Waals surface area (Å²) >= 11 is 0. The van der Waals surface area contributed by atoms with Crippen LogP contribution in [0.1, 0.15) is 44.2 Å². The molecule has 1 heterocycles. The first-order chi connectivity index (χ1) is 10.2. The van der Waals surface area contributed by atoms with Crippen molar-refractivity contribution in [2.24, 2.45) is 0 Å². The van der Waals surface area contributed by atoms with E-state index in [1.807, 2.05) is 0 Å². The Hall–Kier alpha value is -0.900. The van der Waals surface area contributed by atoms with Crippen LogP contribution in [-0.2, 0) is 17.9 Å². The molecule has 1 fully saturated rings. The maximum Gasteiger partial charge on any atom is 0.0717 e. The second-order valence-corrected chi connectivity index (χ2v) is 6.31. The van der Waals surface area contributed by atoms with E-state index >= 15 is 0 Å². The number of hydrogen-bond acceptors (Lipinski definition) is 3. The number of nitrogens with zero attached hydrogens (tertiary/aromatic N) is 1. The number of nitrogens with one attached hydrogen (secondary N) is 1. The molecule has 1 aliphatic heterocycles. The van der Waals surface area contributed by atoms with Gasteiger partial charge in [-0.15, -0.1) is 0 Å². The lowest BCUT2D eigenvalue weighted by atomic mass is 10.1. The first-order valence-corrected chi connectivity index (χ1v) is 8.35. The molecule has 1 aliphatic rings. The van der Waals surface area contributed by atoms with Crippen LogP contribution >= 0.6 is 0 Å². The fraction of sp³-hybridized carbons (Fsp3) is 0.667. The molecule has 3 nitrogen and oxygen atoms in total. The largest absolute Gasteiger partial charge is 0.375 e. The third-order valence-electron chi connectivity index (χ3n) is 4.01. The number of benzene rings is 1. The van der Waals surface area contributed by atoms with Gasteiger partial charge in [0.05, 0.1) is 13.2 Å². The van der Waals surface area contributed by atoms with Gasteiger partial charge in [0.25, 0.3) is 0 Å². The molecule has 0 unspecified atom stereocenters. The molecule has 0 saturated carbocycles. The molecule has 1 aromatic rings. The molecule has 0 amide bonds. The molecule has 1 N–H and O–H groups in total. The van der Waals surface area contributed by atoms with Crippen molar-refractivity contribution in [2.45, 2.75) is 52.3 Å². The molecular formula is C18H30N2O. The molecule has 1 saturated heterocycles. The summed E-state index contributed by atoms with van der Waals surface area (Å²) in [5.74, 6) is 0. The lowest BCUT2D eigenvalue weighted by Crippen LogP contribution is -2.32. The molecule has 0 aliphatic carbocycles. The third-order valence-corrected chi connectivity index (χ3v) is 4.01. The van der Waals surface area contributed by atoms with Crippen molar-refractivity contribution in [1.82, 2.24) is 10.2 Å². The van der Waals surface area contributed by atoms with Crippen LogP contribution < -0.4 is 5.32 Å². The van der Waals surface area contributed by atoms with Crippen LogP contribution in [0.3, 0.4) is 0 Å². The van der Waals surface area contributed by atoms with Gasteiger partial charge in [-0.3, -0.25) is 0 Å². The van der Waals surface area contributed by atoms with Gasteiger partial charge in [-0.25, -0.2) is 0 Å². The Bertz CT molecular complexity index is 383. The molecule has 0 bridgehead atoms. The highest BCUT2D eigenvalue weighted by Crippen LogP contribution is 2.09. The lowest BCUT2D eigenvalue weighted by Gasteiger charge is -2.26. The van der Waals surface area contributed by atoms with E-state index in [2.05, 4.69) is 48.3 Å². The minimum Gasteiger partial charge on any atom is -0.375 e. The second kappa shape index (κ2) is 9.19. The van der Waals surface area contributed by atoms with Crippen LogP contribution in [-0.4, -0.2) is 37.2 Å². The fourth-order valence-corrected chi connectivity index (χ4v) is 2.64. The molecule has 0 radical (unpaired) electrons. The SMILES string of the molecule is CC(C)NCc1ccc(COCCN2CCCCC2)cc1. The zero-order chi connectivity index (χ0) is 14.9. The van der Waals surface area contributed by atoms with Crippen LogP contribution in [0.5, 0.6) is 0 Å². The number of ether oxygens (including phenoxy) is 1. The summed E-state index contributed by atoms with van der Waals surface area (Å²) in [4.78, 5) is 2.52. The van der Waals surface area contributed by atoms with Gasteiger partial charge in [-0.2, -0.15) is 0 Å². The first kappa shape index (κ1) is 16.5. The minimum absolute atomic E-state index is 0.530. The first-order valence-electron chi connectivity index (χ1n) is 8.35. The summed E-state index contributed by atoms with van der Waals surface area (Å²) in [5.41, 5.74) is 2.60. The van der Waals surface area contributed by atoms with Gasteiger partial charge in [0.2, 0.25) is 0 Å². The molecule has 118 valence electrons. The summed E-state index contributed by atoms with van der Waals surface area (Å²) in [6.07, 6.45) is 4.10. The van der Waals surface area contributed by atoms with E-state index in [9.17, 15) is 0 Å². The normalized spacial score (nSPS) is 16.5. The molecule has 21 heavy (non-hydrogen) atoms. The van der Waals surface area contributed by atoms with Gasteiger partial charge in [-0.05, 0) is 37.1 Å². The Morgan fingerprint density at radius 2 is 1.71 bits per heavy atom. The van der Waals surface area contributed by atoms with Crippen LogP contribution in [0.15, 0.2) is 24.3 Å². The van der Waals surface area contributed by atoms with E-state index in [-0.39, 0.29) is 0 Å². The van der Waals surface area contributed by atoms with Crippen molar-refractivity contribution in [1.29, 1.82) is 0 Å². The highest BCUT2D eigenvalue weighted by molar-refractivity contribution is 5.21. The Morgan fingerprint density at radius 3 is 2.38 bits per heavy atom. The standard InChI is InChI=1S/C18H30N2O/c1-16(2)19-14-17-6-8-18(9-7-17)15-21-13-12-20-10-4-3-5-11-20/h6-9,16,19H,3-5,10-15H2,1-2H3. The monoisotopic (exact) mass is 290 g/mol. The second-order valence-electron chi connectivity index (χ2n) is 6.31. The summed E-state index contributed by atoms with van der Waals surface area (Å²) in [6, 6.07) is 9.27. The number of likely N-dealkylation sites (tertiary alicyclic amines) is 1. The van der Waals surface area contributed by atoms with E-state index < -0.39 is 0 Å². The molecule has 0 atom stereocenters. The van der Waals surface area contributed by atoms with Gasteiger partial charge in [0, 0.05) is 19.1 Å². The topological polar surface area (TPSA) is 24.5 Å². The van der Waals surface area contributed by atoms with Crippen molar-refractivity contribution >= 4 is 0 Å². The highest BCUT2D eigenvalue weighted by atomic mass is 16.5. The predicted molar refractivity (Wildman–Crippen MR) is 88.4 cm³/mol. The van der Waals surface area contributed by atoms with Crippen molar-refractivity contribution in [3.8, 4) is 0 Å². The quantitative estimate of drug-likeness (QED) is 0.744. The maximum atomic E-state index is 5.80. The van der Waals surface area contributed by atoms with Gasteiger partial charge in [0.15, 0.2) is 0 Å². The van der Waals surface area contributed by atoms with Gasteiger partial charge >= 0.3 is 0 Å². The van der Waals surface area contributed by atoms with E-state index in [1.165, 1.54) is 43.5 Å². The smallest absolute Gasteiger partial charge is 0.0717 e. The fourth-order valence-electron chi connectivity index (χ4n) is 2.64. The molecule has 2 rings (SSSR count). The zero-order valence-electron chi connectivity index (χ0n) is 13.6. The molecule has 0 aromatic heterocycles. The van der Waals surface area contributed by atoms with Crippen molar-refractivity contribution in [3.63, 3.8) is 0 Å². The van der Waals surface area contributed by atoms with Crippen LogP contribution in [0.25, 0.3) is 0 Å². The zero-order valence-corrected chi connectivity index (χ0v) is 13.6. The van der Waals surface area contributed by atoms with Gasteiger partial charge < -0.3 is 15.0 Å². The number of piperidine rings is 1. The summed E-state index contributed by atoms with van der Waals surface area (Å²) < 4.78 is 5.80. The van der Waals surface area contributed by atoms with E-state index in [1.54, 1.807) is 0 Å². The van der Waals surface area contributed by atoms with Crippen molar-refractivity contribution in [2.75, 3.05) is 26.2 Å². The molecule has 3 heteroatoms. The van der Waals surface area contributed by atoms with E-state index in [4.69, 9.17) is 4.74 Å². The highest BCUT2D eigenvalue weighted by Gasteiger charge is 2.08. The summed E-state index contributed by atoms with van der Waals surface area (Å²) in [7, 11) is 0. The Morgan fingerprint density at radius 1 is 1.05 bits per heavy atom. The van der Waals surface area contributed by atoms with Crippen molar-refractivity contribution in [3.05, 3.63) is 35.4 Å². The number of hydrogen-bond donors (Lipinski definition) is 1. The van der Waals surface area contributed by atoms with E-state index in [0.29, 0.717) is 6.04 Å². The molecular weight excluding hydrogens is 260 g/mol. The summed E-state index contributed by atoms with van der Waals surface area (Å²) in [5, 5.41) is 3.43. The molecule has 0 spiro atoms. The van der Waals surface area contributed by atoms with E-state index in [0.717, 1.165) is 26.3 Å². The van der Waals surface area contributed by atoms with Crippen LogP contribution in [0, 0.1) is 0 Å². The Labute approximate surface area is 129 Å². The van der Waals surface area contributed by atoms with Gasteiger partial charge in [-0.1, -0.05) is 44.5 Å². The lowest BCUT2D eigenvalue weighted by molar-refractivity contribution is 0.0863. The van der Waals surface area contributed by atoms with Crippen LogP contribution in [0.4, 0.5) is 0 Å². The summed E-state index contributed by atoms with van der Waals surface area (Å²) in [6.45, 7) is 10.4.